The second-order valence-corrected chi connectivity index (χ2v) is 5.33. The van der Waals surface area contributed by atoms with Gasteiger partial charge in [0.05, 0.1) is 12.1 Å². The molecule has 0 saturated heterocycles. The second kappa shape index (κ2) is 7.43. The summed E-state index contributed by atoms with van der Waals surface area (Å²) < 4.78 is 18.6. The predicted octanol–water partition coefficient (Wildman–Crippen LogP) is 3.86. The third-order valence-corrected chi connectivity index (χ3v) is 3.97. The van der Waals surface area contributed by atoms with E-state index in [0.717, 1.165) is 17.7 Å². The Kier molecular flexibility index (Phi) is 5.59. The van der Waals surface area contributed by atoms with Crippen molar-refractivity contribution in [3.63, 3.8) is 0 Å². The fraction of sp³-hybridized carbons (Fsp3) is 0.294. The molecule has 0 aliphatic carbocycles. The van der Waals surface area contributed by atoms with Crippen molar-refractivity contribution in [3.8, 4) is 5.75 Å². The highest BCUT2D eigenvalue weighted by Gasteiger charge is 2.13. The van der Waals surface area contributed by atoms with Gasteiger partial charge in [0, 0.05) is 6.04 Å². The first-order valence-electron chi connectivity index (χ1n) is 6.87. The average Bonchev–Trinajstić information content (AvgIpc) is 2.51. The van der Waals surface area contributed by atoms with Crippen molar-refractivity contribution in [2.45, 2.75) is 18.9 Å². The first-order chi connectivity index (χ1) is 10.1. The standard InChI is InChI=1S/C17H19ClFNO/c1-20-14(10-12-6-8-15(21-2)9-7-12)11-13-4-3-5-16(19)17(13)18/h3-9,14,20H,10-11H2,1-2H3. The van der Waals surface area contributed by atoms with Crippen LogP contribution in [0.2, 0.25) is 5.02 Å². The molecule has 2 aromatic rings. The zero-order valence-electron chi connectivity index (χ0n) is 12.2. The van der Waals surface area contributed by atoms with E-state index < -0.39 is 0 Å². The van der Waals surface area contributed by atoms with Crippen molar-refractivity contribution >= 4 is 11.6 Å². The maximum absolute atomic E-state index is 13.5. The molecule has 0 spiro atoms. The van der Waals surface area contributed by atoms with Crippen LogP contribution in [0.1, 0.15) is 11.1 Å². The summed E-state index contributed by atoms with van der Waals surface area (Å²) in [6.07, 6.45) is 1.52. The Hall–Kier alpha value is -1.58. The van der Waals surface area contributed by atoms with E-state index in [0.29, 0.717) is 6.42 Å². The smallest absolute Gasteiger partial charge is 0.142 e. The van der Waals surface area contributed by atoms with Gasteiger partial charge in [-0.15, -0.1) is 0 Å². The summed E-state index contributed by atoms with van der Waals surface area (Å²) in [4.78, 5) is 0. The molecule has 0 fully saturated rings. The number of rotatable bonds is 6. The summed E-state index contributed by atoms with van der Waals surface area (Å²) in [5.74, 6) is 0.474. The number of hydrogen-bond donors (Lipinski definition) is 1. The Morgan fingerprint density at radius 1 is 1.14 bits per heavy atom. The molecule has 21 heavy (non-hydrogen) atoms. The van der Waals surface area contributed by atoms with Crippen LogP contribution in [0, 0.1) is 5.82 Å². The van der Waals surface area contributed by atoms with Gasteiger partial charge in [-0.3, -0.25) is 0 Å². The Morgan fingerprint density at radius 2 is 1.86 bits per heavy atom. The van der Waals surface area contributed by atoms with Crippen molar-refractivity contribution in [2.24, 2.45) is 0 Å². The van der Waals surface area contributed by atoms with Gasteiger partial charge >= 0.3 is 0 Å². The van der Waals surface area contributed by atoms with E-state index in [9.17, 15) is 4.39 Å². The van der Waals surface area contributed by atoms with Crippen LogP contribution in [0.4, 0.5) is 4.39 Å². The van der Waals surface area contributed by atoms with E-state index in [1.165, 1.54) is 11.6 Å². The minimum Gasteiger partial charge on any atom is -0.497 e. The normalized spacial score (nSPS) is 12.2. The molecule has 0 saturated carbocycles. The molecule has 2 nitrogen and oxygen atoms in total. The van der Waals surface area contributed by atoms with E-state index in [-0.39, 0.29) is 16.9 Å². The zero-order chi connectivity index (χ0) is 15.2. The van der Waals surface area contributed by atoms with E-state index in [1.54, 1.807) is 13.2 Å². The van der Waals surface area contributed by atoms with Crippen LogP contribution < -0.4 is 10.1 Å². The predicted molar refractivity (Wildman–Crippen MR) is 84.7 cm³/mol. The third-order valence-electron chi connectivity index (χ3n) is 3.55. The van der Waals surface area contributed by atoms with Crippen molar-refractivity contribution in [1.82, 2.24) is 5.32 Å². The van der Waals surface area contributed by atoms with Gasteiger partial charge in [0.15, 0.2) is 0 Å². The number of hydrogen-bond acceptors (Lipinski definition) is 2. The molecule has 2 rings (SSSR count). The number of methoxy groups -OCH3 is 1. The molecule has 2 aromatic carbocycles. The summed E-state index contributed by atoms with van der Waals surface area (Å²) in [5, 5.41) is 3.48. The zero-order valence-corrected chi connectivity index (χ0v) is 13.0. The number of nitrogens with one attached hydrogen (secondary N) is 1. The molecule has 0 amide bonds. The molecule has 0 aliphatic heterocycles. The molecule has 112 valence electrons. The summed E-state index contributed by atoms with van der Waals surface area (Å²) in [5.41, 5.74) is 2.02. The Morgan fingerprint density at radius 3 is 2.48 bits per heavy atom. The summed E-state index contributed by atoms with van der Waals surface area (Å²) in [6, 6.07) is 13.1. The number of ether oxygens (including phenoxy) is 1. The molecule has 1 N–H and O–H groups in total. The monoisotopic (exact) mass is 307 g/mol. The fourth-order valence-corrected chi connectivity index (χ4v) is 2.50. The lowest BCUT2D eigenvalue weighted by Gasteiger charge is -2.17. The molecule has 0 aliphatic rings. The number of halogens is 2. The lowest BCUT2D eigenvalue weighted by molar-refractivity contribution is 0.414. The van der Waals surface area contributed by atoms with Crippen molar-refractivity contribution in [1.29, 1.82) is 0 Å². The summed E-state index contributed by atoms with van der Waals surface area (Å²) in [6.45, 7) is 0. The molecule has 0 radical (unpaired) electrons. The van der Waals surface area contributed by atoms with Gasteiger partial charge in [0.25, 0.3) is 0 Å². The SMILES string of the molecule is CNC(Cc1ccc(OC)cc1)Cc1cccc(F)c1Cl. The van der Waals surface area contributed by atoms with Crippen LogP contribution in [0.25, 0.3) is 0 Å². The highest BCUT2D eigenvalue weighted by atomic mass is 35.5. The molecule has 0 heterocycles. The van der Waals surface area contributed by atoms with Gasteiger partial charge in [-0.2, -0.15) is 0 Å². The van der Waals surface area contributed by atoms with E-state index in [2.05, 4.69) is 5.32 Å². The number of likely N-dealkylation sites (N-methyl/N-ethyl adjacent to an activating group) is 1. The third kappa shape index (κ3) is 4.19. The van der Waals surface area contributed by atoms with Gasteiger partial charge < -0.3 is 10.1 Å². The Bertz CT molecular complexity index is 586. The molecular weight excluding hydrogens is 289 g/mol. The molecule has 1 atom stereocenters. The van der Waals surface area contributed by atoms with Gasteiger partial charge in [-0.1, -0.05) is 35.9 Å². The largest absolute Gasteiger partial charge is 0.497 e. The van der Waals surface area contributed by atoms with Gasteiger partial charge in [0.2, 0.25) is 0 Å². The van der Waals surface area contributed by atoms with Crippen LogP contribution in [0.3, 0.4) is 0 Å². The van der Waals surface area contributed by atoms with Gasteiger partial charge in [-0.25, -0.2) is 4.39 Å². The summed E-state index contributed by atoms with van der Waals surface area (Å²) >= 11 is 6.02. The molecular formula is C17H19ClFNO. The van der Waals surface area contributed by atoms with Crippen LogP contribution in [0.5, 0.6) is 5.75 Å². The van der Waals surface area contributed by atoms with Crippen molar-refractivity contribution < 1.29 is 9.13 Å². The topological polar surface area (TPSA) is 21.3 Å². The first-order valence-corrected chi connectivity index (χ1v) is 7.25. The highest BCUT2D eigenvalue weighted by molar-refractivity contribution is 6.31. The minimum atomic E-state index is -0.367. The van der Waals surface area contributed by atoms with Gasteiger partial charge in [0.1, 0.15) is 11.6 Å². The maximum atomic E-state index is 13.5. The van der Waals surface area contributed by atoms with Crippen molar-refractivity contribution in [3.05, 3.63) is 64.4 Å². The Balaban J connectivity index is 2.07. The van der Waals surface area contributed by atoms with Crippen LogP contribution in [0.15, 0.2) is 42.5 Å². The number of benzene rings is 2. The molecule has 0 aromatic heterocycles. The van der Waals surface area contributed by atoms with Crippen LogP contribution >= 0.6 is 11.6 Å². The molecule has 1 unspecified atom stereocenters. The van der Waals surface area contributed by atoms with E-state index in [4.69, 9.17) is 16.3 Å². The van der Waals surface area contributed by atoms with Gasteiger partial charge in [-0.05, 0) is 49.2 Å². The molecule has 0 bridgehead atoms. The highest BCUT2D eigenvalue weighted by Crippen LogP contribution is 2.22. The lowest BCUT2D eigenvalue weighted by atomic mass is 9.99. The second-order valence-electron chi connectivity index (χ2n) is 4.95. The van der Waals surface area contributed by atoms with Crippen molar-refractivity contribution in [2.75, 3.05) is 14.2 Å². The molecule has 4 heteroatoms. The first kappa shape index (κ1) is 15.8. The average molecular weight is 308 g/mol. The van der Waals surface area contributed by atoms with Crippen LogP contribution in [-0.4, -0.2) is 20.2 Å². The minimum absolute atomic E-state index is 0.192. The van der Waals surface area contributed by atoms with Crippen LogP contribution in [-0.2, 0) is 12.8 Å². The van der Waals surface area contributed by atoms with E-state index in [1.807, 2.05) is 37.4 Å². The Labute approximate surface area is 129 Å². The maximum Gasteiger partial charge on any atom is 0.142 e. The quantitative estimate of drug-likeness (QED) is 0.875. The summed E-state index contributed by atoms with van der Waals surface area (Å²) in [7, 11) is 3.55. The fourth-order valence-electron chi connectivity index (χ4n) is 2.29. The lowest BCUT2D eigenvalue weighted by Crippen LogP contribution is -2.30. The van der Waals surface area contributed by atoms with E-state index >= 15 is 0 Å².